The number of hydrogen-bond acceptors (Lipinski definition) is 4. The van der Waals surface area contributed by atoms with Crippen LogP contribution in [0.2, 0.25) is 0 Å². The molecule has 0 fully saturated rings. The average molecular weight is 419 g/mol. The van der Waals surface area contributed by atoms with Gasteiger partial charge in [-0.3, -0.25) is 9.59 Å². The minimum absolute atomic E-state index is 0.0271. The van der Waals surface area contributed by atoms with Crippen molar-refractivity contribution in [1.82, 2.24) is 9.80 Å². The van der Waals surface area contributed by atoms with Crippen LogP contribution < -0.4 is 4.74 Å². The van der Waals surface area contributed by atoms with E-state index in [1.807, 2.05) is 30.2 Å². The summed E-state index contributed by atoms with van der Waals surface area (Å²) < 4.78 is 19.0. The molecular weight excluding hydrogens is 391 g/mol. The van der Waals surface area contributed by atoms with Crippen molar-refractivity contribution >= 4 is 23.2 Å². The Morgan fingerprint density at radius 1 is 1.28 bits per heavy atom. The molecule has 0 N–H and O–H groups in total. The van der Waals surface area contributed by atoms with E-state index < -0.39 is 0 Å². The van der Waals surface area contributed by atoms with Crippen LogP contribution in [-0.4, -0.2) is 47.4 Å². The number of amides is 2. The van der Waals surface area contributed by atoms with Crippen LogP contribution in [0, 0.1) is 5.82 Å². The normalized spacial score (nSPS) is 15.9. The molecule has 0 saturated carbocycles. The summed E-state index contributed by atoms with van der Waals surface area (Å²) in [6.07, 6.45) is 1.17. The fourth-order valence-corrected chi connectivity index (χ4v) is 4.51. The zero-order valence-corrected chi connectivity index (χ0v) is 17.9. The Morgan fingerprint density at radius 3 is 2.66 bits per heavy atom. The highest BCUT2D eigenvalue weighted by atomic mass is 32.1. The Bertz CT molecular complexity index is 850. The van der Waals surface area contributed by atoms with Crippen LogP contribution >= 0.6 is 11.3 Å². The smallest absolute Gasteiger partial charge is 0.242 e. The first kappa shape index (κ1) is 21.3. The average Bonchev–Trinajstić information content (AvgIpc) is 3.19. The lowest BCUT2D eigenvalue weighted by Crippen LogP contribution is -2.49. The Labute approximate surface area is 175 Å². The highest BCUT2D eigenvalue weighted by Gasteiger charge is 2.33. The van der Waals surface area contributed by atoms with E-state index in [4.69, 9.17) is 4.74 Å². The van der Waals surface area contributed by atoms with Crippen LogP contribution in [0.15, 0.2) is 35.7 Å². The number of nitrogens with zero attached hydrogens (tertiary/aromatic N) is 2. The van der Waals surface area contributed by atoms with Gasteiger partial charge in [0, 0.05) is 23.9 Å². The molecular formula is C22H27FN2O3S. The number of rotatable bonds is 7. The molecule has 0 unspecified atom stereocenters. The van der Waals surface area contributed by atoms with E-state index in [1.54, 1.807) is 35.3 Å². The van der Waals surface area contributed by atoms with E-state index in [2.05, 4.69) is 0 Å². The minimum atomic E-state index is -0.318. The van der Waals surface area contributed by atoms with Gasteiger partial charge in [-0.2, -0.15) is 0 Å². The molecule has 2 amide bonds. The molecule has 0 radical (unpaired) electrons. The Balaban J connectivity index is 1.77. The molecule has 2 heterocycles. The van der Waals surface area contributed by atoms with Gasteiger partial charge >= 0.3 is 0 Å². The first-order valence-electron chi connectivity index (χ1n) is 9.94. The number of ether oxygens (including phenoxy) is 1. The zero-order chi connectivity index (χ0) is 21.0. The second-order valence-electron chi connectivity index (χ2n) is 7.39. The first-order chi connectivity index (χ1) is 13.9. The molecule has 0 aliphatic carbocycles. The maximum absolute atomic E-state index is 13.2. The van der Waals surface area contributed by atoms with Crippen LogP contribution in [-0.2, 0) is 16.0 Å². The van der Waals surface area contributed by atoms with Crippen LogP contribution in [0.3, 0.4) is 0 Å². The second kappa shape index (κ2) is 9.39. The quantitative estimate of drug-likeness (QED) is 0.682. The van der Waals surface area contributed by atoms with E-state index in [0.29, 0.717) is 18.7 Å². The van der Waals surface area contributed by atoms with Gasteiger partial charge in [-0.15, -0.1) is 11.3 Å². The van der Waals surface area contributed by atoms with Crippen molar-refractivity contribution in [1.29, 1.82) is 0 Å². The van der Waals surface area contributed by atoms with Gasteiger partial charge in [-0.25, -0.2) is 4.39 Å². The third-order valence-corrected chi connectivity index (χ3v) is 6.18. The number of carbonyl (C=O) groups excluding carboxylic acids is 2. The number of halogens is 1. The highest BCUT2D eigenvalue weighted by Crippen LogP contribution is 2.34. The van der Waals surface area contributed by atoms with Gasteiger partial charge in [-0.1, -0.05) is 6.92 Å². The third kappa shape index (κ3) is 4.96. The van der Waals surface area contributed by atoms with Crippen molar-refractivity contribution < 1.29 is 18.7 Å². The van der Waals surface area contributed by atoms with Gasteiger partial charge in [0.05, 0.1) is 12.6 Å². The number of carbonyl (C=O) groups is 2. The maximum atomic E-state index is 13.2. The molecule has 1 atom stereocenters. The largest absolute Gasteiger partial charge is 0.491 e. The monoisotopic (exact) mass is 418 g/mol. The number of thiophene rings is 1. The van der Waals surface area contributed by atoms with Crippen molar-refractivity contribution in [2.75, 3.05) is 19.7 Å². The van der Waals surface area contributed by atoms with E-state index >= 15 is 0 Å². The molecule has 2 aromatic rings. The Hall–Kier alpha value is -2.41. The van der Waals surface area contributed by atoms with Crippen molar-refractivity contribution in [2.45, 2.75) is 45.7 Å². The van der Waals surface area contributed by atoms with Crippen LogP contribution in [0.4, 0.5) is 4.39 Å². The lowest BCUT2D eigenvalue weighted by atomic mass is 10.00. The molecule has 5 nitrogen and oxygen atoms in total. The number of fused-ring (bicyclic) bond motifs is 1. The van der Waals surface area contributed by atoms with Gasteiger partial charge in [0.25, 0.3) is 0 Å². The molecule has 1 aliphatic rings. The Kier molecular flexibility index (Phi) is 6.90. The molecule has 7 heteroatoms. The summed E-state index contributed by atoms with van der Waals surface area (Å²) in [6, 6.07) is 7.64. The predicted molar refractivity (Wildman–Crippen MR) is 112 cm³/mol. The second-order valence-corrected chi connectivity index (χ2v) is 8.39. The molecule has 0 saturated heterocycles. The van der Waals surface area contributed by atoms with E-state index in [0.717, 1.165) is 12.0 Å². The van der Waals surface area contributed by atoms with Crippen LogP contribution in [0.5, 0.6) is 5.75 Å². The lowest BCUT2D eigenvalue weighted by molar-refractivity contribution is -0.144. The molecule has 1 aromatic heterocycles. The van der Waals surface area contributed by atoms with Crippen molar-refractivity contribution in [3.05, 3.63) is 52.0 Å². The SMILES string of the molecule is CCC(=O)N(CC(=O)N1CCc2sccc2[C@H]1COc1ccc(F)cc1)C(C)C. The van der Waals surface area contributed by atoms with Crippen LogP contribution in [0.25, 0.3) is 0 Å². The number of hydrogen-bond donors (Lipinski definition) is 0. The molecule has 1 aromatic carbocycles. The van der Waals surface area contributed by atoms with Gasteiger partial charge < -0.3 is 14.5 Å². The summed E-state index contributed by atoms with van der Waals surface area (Å²) in [5, 5.41) is 2.03. The topological polar surface area (TPSA) is 49.9 Å². The minimum Gasteiger partial charge on any atom is -0.491 e. The van der Waals surface area contributed by atoms with Gasteiger partial charge in [-0.05, 0) is 61.5 Å². The molecule has 0 spiro atoms. The van der Waals surface area contributed by atoms with Gasteiger partial charge in [0.1, 0.15) is 18.2 Å². The zero-order valence-electron chi connectivity index (χ0n) is 17.1. The van der Waals surface area contributed by atoms with E-state index in [9.17, 15) is 14.0 Å². The van der Waals surface area contributed by atoms with Crippen molar-refractivity contribution in [2.24, 2.45) is 0 Å². The van der Waals surface area contributed by atoms with E-state index in [-0.39, 0.29) is 42.9 Å². The highest BCUT2D eigenvalue weighted by molar-refractivity contribution is 7.10. The third-order valence-electron chi connectivity index (χ3n) is 5.19. The fourth-order valence-electron chi connectivity index (χ4n) is 3.58. The van der Waals surface area contributed by atoms with Crippen LogP contribution in [0.1, 0.15) is 43.7 Å². The lowest BCUT2D eigenvalue weighted by Gasteiger charge is -2.37. The fraction of sp³-hybridized carbons (Fsp3) is 0.455. The first-order valence-corrected chi connectivity index (χ1v) is 10.8. The summed E-state index contributed by atoms with van der Waals surface area (Å²) >= 11 is 1.69. The molecule has 3 rings (SSSR count). The standard InChI is InChI=1S/C22H27FN2O3S/c1-4-21(26)25(15(2)3)13-22(27)24-11-9-20-18(10-12-29-20)19(24)14-28-17-7-5-16(23)6-8-17/h5-8,10,12,15,19H,4,9,11,13-14H2,1-3H3/t19-/m1/s1. The summed E-state index contributed by atoms with van der Waals surface area (Å²) in [4.78, 5) is 30.1. The summed E-state index contributed by atoms with van der Waals surface area (Å²) in [7, 11) is 0. The van der Waals surface area contributed by atoms with E-state index in [1.165, 1.54) is 17.0 Å². The predicted octanol–water partition coefficient (Wildman–Crippen LogP) is 4.04. The molecule has 1 aliphatic heterocycles. The Morgan fingerprint density at radius 2 is 2.00 bits per heavy atom. The van der Waals surface area contributed by atoms with Crippen molar-refractivity contribution in [3.63, 3.8) is 0 Å². The molecule has 29 heavy (non-hydrogen) atoms. The maximum Gasteiger partial charge on any atom is 0.242 e. The summed E-state index contributed by atoms with van der Waals surface area (Å²) in [5.74, 6) is 0.137. The van der Waals surface area contributed by atoms with Gasteiger partial charge in [0.2, 0.25) is 11.8 Å². The summed E-state index contributed by atoms with van der Waals surface area (Å²) in [5.41, 5.74) is 1.09. The van der Waals surface area contributed by atoms with Gasteiger partial charge in [0.15, 0.2) is 0 Å². The molecule has 156 valence electrons. The summed E-state index contributed by atoms with van der Waals surface area (Å²) in [6.45, 7) is 6.59. The van der Waals surface area contributed by atoms with Crippen molar-refractivity contribution in [3.8, 4) is 5.75 Å². The number of benzene rings is 1. The molecule has 0 bridgehead atoms.